The first kappa shape index (κ1) is 15.3. The third-order valence-corrected chi connectivity index (χ3v) is 5.65. The fraction of sp³-hybridized carbons (Fsp3) is 0.938. The van der Waals surface area contributed by atoms with E-state index in [4.69, 9.17) is 0 Å². The van der Waals surface area contributed by atoms with Crippen LogP contribution in [0, 0.1) is 11.3 Å². The smallest absolute Gasteiger partial charge is 0.234 e. The van der Waals surface area contributed by atoms with Gasteiger partial charge in [-0.05, 0) is 25.3 Å². The van der Waals surface area contributed by atoms with Crippen molar-refractivity contribution in [3.05, 3.63) is 0 Å². The molecule has 2 saturated heterocycles. The van der Waals surface area contributed by atoms with E-state index in [-0.39, 0.29) is 17.9 Å². The quantitative estimate of drug-likeness (QED) is 0.655. The molecule has 3 rings (SSSR count). The van der Waals surface area contributed by atoms with Crippen LogP contribution in [0.5, 0.6) is 0 Å². The second-order valence-electron chi connectivity index (χ2n) is 7.27. The van der Waals surface area contributed by atoms with Crippen LogP contribution in [0.4, 0.5) is 0 Å². The summed E-state index contributed by atoms with van der Waals surface area (Å²) in [5.41, 5.74) is -0.0113. The molecule has 0 aromatic rings. The van der Waals surface area contributed by atoms with Gasteiger partial charge in [0.05, 0.1) is 13.2 Å². The number of rotatable bonds is 4. The number of aliphatic hydroxyl groups is 1. The predicted molar refractivity (Wildman–Crippen MR) is 82.0 cm³/mol. The van der Waals surface area contributed by atoms with Crippen molar-refractivity contribution in [1.29, 1.82) is 0 Å². The van der Waals surface area contributed by atoms with E-state index in [9.17, 15) is 9.90 Å². The Kier molecular flexibility index (Phi) is 4.82. The van der Waals surface area contributed by atoms with Crippen LogP contribution < -0.4 is 10.6 Å². The third kappa shape index (κ3) is 3.41. The van der Waals surface area contributed by atoms with E-state index in [0.29, 0.717) is 18.5 Å². The summed E-state index contributed by atoms with van der Waals surface area (Å²) in [5, 5.41) is 16.3. The molecule has 21 heavy (non-hydrogen) atoms. The van der Waals surface area contributed by atoms with Gasteiger partial charge in [-0.2, -0.15) is 0 Å². The van der Waals surface area contributed by atoms with Crippen LogP contribution in [0.25, 0.3) is 0 Å². The number of hydrogen-bond acceptors (Lipinski definition) is 4. The maximum absolute atomic E-state index is 12.3. The predicted octanol–water partition coefficient (Wildman–Crippen LogP) is 0.339. The molecule has 3 N–H and O–H groups in total. The fourth-order valence-corrected chi connectivity index (χ4v) is 4.38. The highest BCUT2D eigenvalue weighted by Crippen LogP contribution is 2.38. The number of nitrogens with zero attached hydrogens (tertiary/aromatic N) is 1. The van der Waals surface area contributed by atoms with Crippen molar-refractivity contribution in [2.24, 2.45) is 11.3 Å². The standard InChI is InChI=1S/C16H29N3O2/c20-12-16-10-17-7-13(16)8-19(11-16)9-15(21)18-14-5-3-1-2-4-6-14/h13-14,17,20H,1-12H2,(H,18,21). The van der Waals surface area contributed by atoms with Crippen LogP contribution in [0.2, 0.25) is 0 Å². The molecule has 0 bridgehead atoms. The van der Waals surface area contributed by atoms with Gasteiger partial charge in [-0.1, -0.05) is 25.7 Å². The summed E-state index contributed by atoms with van der Waals surface area (Å²) in [7, 11) is 0. The molecule has 3 fully saturated rings. The van der Waals surface area contributed by atoms with Gasteiger partial charge < -0.3 is 15.7 Å². The molecule has 0 radical (unpaired) electrons. The van der Waals surface area contributed by atoms with Crippen LogP contribution in [0.1, 0.15) is 38.5 Å². The van der Waals surface area contributed by atoms with Gasteiger partial charge in [-0.15, -0.1) is 0 Å². The second-order valence-corrected chi connectivity index (χ2v) is 7.27. The minimum absolute atomic E-state index is 0.0113. The van der Waals surface area contributed by atoms with E-state index in [1.54, 1.807) is 0 Å². The van der Waals surface area contributed by atoms with Crippen molar-refractivity contribution in [3.8, 4) is 0 Å². The van der Waals surface area contributed by atoms with Crippen LogP contribution >= 0.6 is 0 Å². The maximum atomic E-state index is 12.3. The van der Waals surface area contributed by atoms with E-state index in [0.717, 1.165) is 39.0 Å². The molecule has 5 heteroatoms. The lowest BCUT2D eigenvalue weighted by atomic mass is 9.82. The van der Waals surface area contributed by atoms with Crippen LogP contribution in [-0.4, -0.2) is 61.3 Å². The van der Waals surface area contributed by atoms with E-state index < -0.39 is 0 Å². The molecular formula is C16H29N3O2. The van der Waals surface area contributed by atoms with E-state index >= 15 is 0 Å². The Morgan fingerprint density at radius 2 is 2.05 bits per heavy atom. The normalized spacial score (nSPS) is 34.6. The summed E-state index contributed by atoms with van der Waals surface area (Å²) < 4.78 is 0. The average molecular weight is 295 g/mol. The number of fused-ring (bicyclic) bond motifs is 1. The number of carbonyl (C=O) groups excluding carboxylic acids is 1. The largest absolute Gasteiger partial charge is 0.396 e. The average Bonchev–Trinajstić information content (AvgIpc) is 2.87. The molecule has 3 aliphatic rings. The van der Waals surface area contributed by atoms with Crippen molar-refractivity contribution in [1.82, 2.24) is 15.5 Å². The Labute approximate surface area is 127 Å². The summed E-state index contributed by atoms with van der Waals surface area (Å²) in [4.78, 5) is 14.5. The Balaban J connectivity index is 1.47. The summed E-state index contributed by atoms with van der Waals surface area (Å²) >= 11 is 0. The molecule has 5 nitrogen and oxygen atoms in total. The third-order valence-electron chi connectivity index (χ3n) is 5.65. The van der Waals surface area contributed by atoms with Crippen LogP contribution in [0.3, 0.4) is 0 Å². The lowest BCUT2D eigenvalue weighted by Crippen LogP contribution is -2.43. The first-order valence-electron chi connectivity index (χ1n) is 8.55. The van der Waals surface area contributed by atoms with Crippen molar-refractivity contribution in [2.45, 2.75) is 44.6 Å². The highest BCUT2D eigenvalue weighted by atomic mass is 16.3. The molecule has 0 aromatic carbocycles. The zero-order chi connectivity index (χ0) is 14.7. The van der Waals surface area contributed by atoms with Crippen molar-refractivity contribution >= 4 is 5.91 Å². The molecule has 2 heterocycles. The molecule has 1 aliphatic carbocycles. The molecule has 0 aromatic heterocycles. The molecule has 1 saturated carbocycles. The van der Waals surface area contributed by atoms with Gasteiger partial charge in [0.2, 0.25) is 5.91 Å². The molecular weight excluding hydrogens is 266 g/mol. The van der Waals surface area contributed by atoms with E-state index in [1.165, 1.54) is 25.7 Å². The highest BCUT2D eigenvalue weighted by molar-refractivity contribution is 5.78. The SMILES string of the molecule is O=C(CN1CC2CNCC2(CO)C1)NC1CCCCCC1. The van der Waals surface area contributed by atoms with Gasteiger partial charge in [0.15, 0.2) is 0 Å². The van der Waals surface area contributed by atoms with Crippen LogP contribution in [-0.2, 0) is 4.79 Å². The lowest BCUT2D eigenvalue weighted by molar-refractivity contribution is -0.122. The van der Waals surface area contributed by atoms with Gasteiger partial charge in [-0.25, -0.2) is 0 Å². The molecule has 2 atom stereocenters. The Morgan fingerprint density at radius 3 is 2.71 bits per heavy atom. The zero-order valence-corrected chi connectivity index (χ0v) is 12.9. The van der Waals surface area contributed by atoms with Gasteiger partial charge in [0.1, 0.15) is 0 Å². The first-order chi connectivity index (χ1) is 10.2. The minimum Gasteiger partial charge on any atom is -0.396 e. The van der Waals surface area contributed by atoms with Gasteiger partial charge >= 0.3 is 0 Å². The number of aliphatic hydroxyl groups excluding tert-OH is 1. The fourth-order valence-electron chi connectivity index (χ4n) is 4.38. The van der Waals surface area contributed by atoms with E-state index in [1.807, 2.05) is 0 Å². The Hall–Kier alpha value is -0.650. The van der Waals surface area contributed by atoms with E-state index in [2.05, 4.69) is 15.5 Å². The summed E-state index contributed by atoms with van der Waals surface area (Å²) in [6, 6.07) is 0.385. The monoisotopic (exact) mass is 295 g/mol. The molecule has 2 unspecified atom stereocenters. The molecule has 0 spiro atoms. The number of likely N-dealkylation sites (tertiary alicyclic amines) is 1. The molecule has 1 amide bonds. The number of nitrogens with one attached hydrogen (secondary N) is 2. The van der Waals surface area contributed by atoms with Gasteiger partial charge in [0.25, 0.3) is 0 Å². The maximum Gasteiger partial charge on any atom is 0.234 e. The summed E-state index contributed by atoms with van der Waals surface area (Å²) in [6.45, 7) is 4.36. The minimum atomic E-state index is -0.0113. The van der Waals surface area contributed by atoms with Crippen molar-refractivity contribution < 1.29 is 9.90 Å². The Morgan fingerprint density at radius 1 is 1.29 bits per heavy atom. The summed E-state index contributed by atoms with van der Waals surface area (Å²) in [6.07, 6.45) is 7.39. The Bertz CT molecular complexity index is 369. The lowest BCUT2D eigenvalue weighted by Gasteiger charge is -2.25. The van der Waals surface area contributed by atoms with Crippen molar-refractivity contribution in [2.75, 3.05) is 39.3 Å². The van der Waals surface area contributed by atoms with Crippen molar-refractivity contribution in [3.63, 3.8) is 0 Å². The first-order valence-corrected chi connectivity index (χ1v) is 8.55. The number of amides is 1. The highest BCUT2D eigenvalue weighted by Gasteiger charge is 2.49. The number of carbonyl (C=O) groups is 1. The summed E-state index contributed by atoms with van der Waals surface area (Å²) in [5.74, 6) is 0.663. The van der Waals surface area contributed by atoms with Crippen LogP contribution in [0.15, 0.2) is 0 Å². The topological polar surface area (TPSA) is 64.6 Å². The second kappa shape index (κ2) is 6.63. The molecule has 120 valence electrons. The van der Waals surface area contributed by atoms with Gasteiger partial charge in [-0.3, -0.25) is 9.69 Å². The molecule has 2 aliphatic heterocycles. The number of hydrogen-bond donors (Lipinski definition) is 3. The van der Waals surface area contributed by atoms with Gasteiger partial charge in [0, 0.05) is 31.1 Å². The zero-order valence-electron chi connectivity index (χ0n) is 12.9.